The number of aromatic nitrogens is 1. The van der Waals surface area contributed by atoms with Gasteiger partial charge in [0.2, 0.25) is 11.8 Å². The normalized spacial score (nSPS) is 11.6. The maximum Gasteiger partial charge on any atom is 0.243 e. The molecule has 0 aliphatic heterocycles. The second-order valence-electron chi connectivity index (χ2n) is 4.76. The van der Waals surface area contributed by atoms with Crippen molar-refractivity contribution in [2.24, 2.45) is 5.73 Å². The maximum absolute atomic E-state index is 12.0. The van der Waals surface area contributed by atoms with Gasteiger partial charge in [-0.05, 0) is 36.6 Å². The number of thioether (sulfide) groups is 1. The number of carbonyl (C=O) groups excluding carboxylic acids is 2. The van der Waals surface area contributed by atoms with Crippen molar-refractivity contribution in [2.75, 3.05) is 22.6 Å². The fourth-order valence-electron chi connectivity index (χ4n) is 1.83. The van der Waals surface area contributed by atoms with Gasteiger partial charge in [0.05, 0.1) is 16.3 Å². The van der Waals surface area contributed by atoms with Crippen LogP contribution in [0.25, 0.3) is 10.2 Å². The van der Waals surface area contributed by atoms with Gasteiger partial charge in [0.1, 0.15) is 0 Å². The van der Waals surface area contributed by atoms with Crippen LogP contribution in [-0.4, -0.2) is 34.8 Å². The van der Waals surface area contributed by atoms with Crippen LogP contribution in [0, 0.1) is 0 Å². The third kappa shape index (κ3) is 5.65. The van der Waals surface area contributed by atoms with E-state index in [1.807, 2.05) is 12.3 Å². The molecule has 1 aromatic heterocycles. The highest BCUT2D eigenvalue weighted by Crippen LogP contribution is 2.28. The van der Waals surface area contributed by atoms with Gasteiger partial charge in [-0.25, -0.2) is 4.98 Å². The average molecular weight is 375 g/mol. The van der Waals surface area contributed by atoms with Crippen molar-refractivity contribution in [1.29, 1.82) is 0 Å². The van der Waals surface area contributed by atoms with Gasteiger partial charge in [0.25, 0.3) is 0 Å². The topological polar surface area (TPSA) is 97.1 Å². The number of anilines is 2. The smallest absolute Gasteiger partial charge is 0.243 e. The van der Waals surface area contributed by atoms with E-state index < -0.39 is 6.04 Å². The van der Waals surface area contributed by atoms with Crippen molar-refractivity contribution in [2.45, 2.75) is 19.4 Å². The first-order chi connectivity index (χ1) is 10.5. The molecule has 0 saturated heterocycles. The number of nitrogens with two attached hydrogens (primary N) is 1. The molecule has 0 fully saturated rings. The summed E-state index contributed by atoms with van der Waals surface area (Å²) in [6.45, 7) is 1.46. The molecule has 4 N–H and O–H groups in total. The van der Waals surface area contributed by atoms with Crippen LogP contribution < -0.4 is 16.4 Å². The zero-order chi connectivity index (χ0) is 16.1. The van der Waals surface area contributed by atoms with Gasteiger partial charge in [-0.1, -0.05) is 11.3 Å². The van der Waals surface area contributed by atoms with E-state index in [-0.39, 0.29) is 24.2 Å². The van der Waals surface area contributed by atoms with Crippen molar-refractivity contribution in [1.82, 2.24) is 4.98 Å². The first-order valence-electron chi connectivity index (χ1n) is 6.73. The Morgan fingerprint density at radius 1 is 1.39 bits per heavy atom. The Morgan fingerprint density at radius 2 is 2.13 bits per heavy atom. The number of halogens is 1. The molecule has 1 atom stereocenters. The standard InChI is InChI=1S/C14H18N4O2S2.ClH/c1-8(19)16-9-3-4-11-12(7-9)22-14(17-11)18-13(20)10(15)5-6-21-2;/h3-4,7,10H,5-6,15H2,1-2H3,(H,16,19)(H,17,18,20);1H. The monoisotopic (exact) mass is 374 g/mol. The molecule has 2 amide bonds. The Morgan fingerprint density at radius 3 is 2.78 bits per heavy atom. The molecular weight excluding hydrogens is 356 g/mol. The molecule has 0 aliphatic rings. The number of nitrogens with one attached hydrogen (secondary N) is 2. The van der Waals surface area contributed by atoms with Gasteiger partial charge >= 0.3 is 0 Å². The van der Waals surface area contributed by atoms with Crippen LogP contribution in [0.4, 0.5) is 10.8 Å². The number of nitrogens with zero attached hydrogens (tertiary/aromatic N) is 1. The van der Waals surface area contributed by atoms with Crippen LogP contribution in [0.15, 0.2) is 18.2 Å². The summed E-state index contributed by atoms with van der Waals surface area (Å²) in [5.74, 6) is 0.487. The van der Waals surface area contributed by atoms with Gasteiger partial charge in [-0.3, -0.25) is 9.59 Å². The number of hydrogen-bond donors (Lipinski definition) is 3. The predicted octanol–water partition coefficient (Wildman–Crippen LogP) is 2.70. The fourth-order valence-corrected chi connectivity index (χ4v) is 3.23. The number of benzene rings is 1. The number of hydrogen-bond acceptors (Lipinski definition) is 6. The molecular formula is C14H19ClN4O2S2. The second kappa shape index (κ2) is 9.07. The Kier molecular flexibility index (Phi) is 7.77. The summed E-state index contributed by atoms with van der Waals surface area (Å²) in [7, 11) is 0. The molecule has 0 bridgehead atoms. The van der Waals surface area contributed by atoms with Crippen LogP contribution in [0.2, 0.25) is 0 Å². The molecule has 6 nitrogen and oxygen atoms in total. The van der Waals surface area contributed by atoms with Crippen molar-refractivity contribution in [3.63, 3.8) is 0 Å². The van der Waals surface area contributed by atoms with Crippen molar-refractivity contribution < 1.29 is 9.59 Å². The Hall–Kier alpha value is -1.35. The summed E-state index contributed by atoms with van der Waals surface area (Å²) in [6, 6.07) is 4.88. The van der Waals surface area contributed by atoms with Gasteiger partial charge in [0, 0.05) is 12.6 Å². The first-order valence-corrected chi connectivity index (χ1v) is 8.94. The van der Waals surface area contributed by atoms with Crippen LogP contribution in [0.1, 0.15) is 13.3 Å². The maximum atomic E-state index is 12.0. The van der Waals surface area contributed by atoms with E-state index in [9.17, 15) is 9.59 Å². The Balaban J connectivity index is 0.00000264. The number of thiazole rings is 1. The van der Waals surface area contributed by atoms with E-state index >= 15 is 0 Å². The summed E-state index contributed by atoms with van der Waals surface area (Å²) in [5, 5.41) is 5.98. The summed E-state index contributed by atoms with van der Waals surface area (Å²) >= 11 is 3.01. The third-order valence-electron chi connectivity index (χ3n) is 2.91. The fraction of sp³-hybridized carbons (Fsp3) is 0.357. The van der Waals surface area contributed by atoms with Crippen molar-refractivity contribution >= 4 is 68.4 Å². The number of carbonyl (C=O) groups is 2. The van der Waals surface area contributed by atoms with E-state index in [0.717, 1.165) is 16.0 Å². The highest BCUT2D eigenvalue weighted by atomic mass is 35.5. The summed E-state index contributed by atoms with van der Waals surface area (Å²) in [6.07, 6.45) is 2.61. The van der Waals surface area contributed by atoms with Crippen LogP contribution in [-0.2, 0) is 9.59 Å². The third-order valence-corrected chi connectivity index (χ3v) is 4.49. The largest absolute Gasteiger partial charge is 0.326 e. The lowest BCUT2D eigenvalue weighted by Gasteiger charge is -2.09. The van der Waals surface area contributed by atoms with E-state index in [2.05, 4.69) is 15.6 Å². The molecule has 0 aliphatic carbocycles. The minimum atomic E-state index is -0.533. The molecule has 2 aromatic rings. The zero-order valence-electron chi connectivity index (χ0n) is 12.8. The number of fused-ring (bicyclic) bond motifs is 1. The van der Waals surface area contributed by atoms with Gasteiger partial charge in [0.15, 0.2) is 5.13 Å². The van der Waals surface area contributed by atoms with Crippen LogP contribution in [0.3, 0.4) is 0 Å². The molecule has 1 aromatic carbocycles. The van der Waals surface area contributed by atoms with Gasteiger partial charge < -0.3 is 16.4 Å². The van der Waals surface area contributed by atoms with Gasteiger partial charge in [-0.2, -0.15) is 11.8 Å². The minimum Gasteiger partial charge on any atom is -0.326 e. The van der Waals surface area contributed by atoms with E-state index in [0.29, 0.717) is 17.2 Å². The van der Waals surface area contributed by atoms with E-state index in [1.54, 1.807) is 23.9 Å². The predicted molar refractivity (Wildman–Crippen MR) is 101 cm³/mol. The molecule has 23 heavy (non-hydrogen) atoms. The van der Waals surface area contributed by atoms with Crippen molar-refractivity contribution in [3.8, 4) is 0 Å². The molecule has 9 heteroatoms. The lowest BCUT2D eigenvalue weighted by Crippen LogP contribution is -2.36. The molecule has 1 heterocycles. The van der Waals surface area contributed by atoms with E-state index in [4.69, 9.17) is 5.73 Å². The zero-order valence-corrected chi connectivity index (χ0v) is 15.2. The SMILES string of the molecule is CSCCC(N)C(=O)Nc1nc2ccc(NC(C)=O)cc2s1.Cl. The average Bonchev–Trinajstić information content (AvgIpc) is 2.85. The molecule has 2 rings (SSSR count). The Bertz CT molecular complexity index is 692. The lowest BCUT2D eigenvalue weighted by atomic mass is 10.2. The lowest BCUT2D eigenvalue weighted by molar-refractivity contribution is -0.117. The number of rotatable bonds is 6. The molecule has 126 valence electrons. The summed E-state index contributed by atoms with van der Waals surface area (Å²) in [4.78, 5) is 27.4. The minimum absolute atomic E-state index is 0. The molecule has 0 radical (unpaired) electrons. The first kappa shape index (κ1) is 19.7. The van der Waals surface area contributed by atoms with Crippen molar-refractivity contribution in [3.05, 3.63) is 18.2 Å². The summed E-state index contributed by atoms with van der Waals surface area (Å²) < 4.78 is 0.888. The van der Waals surface area contributed by atoms with Gasteiger partial charge in [-0.15, -0.1) is 12.4 Å². The Labute approximate surface area is 149 Å². The highest BCUT2D eigenvalue weighted by molar-refractivity contribution is 7.98. The van der Waals surface area contributed by atoms with E-state index in [1.165, 1.54) is 18.3 Å². The quantitative estimate of drug-likeness (QED) is 0.722. The number of amides is 2. The molecule has 1 unspecified atom stereocenters. The molecule has 0 spiro atoms. The van der Waals surface area contributed by atoms with Crippen LogP contribution in [0.5, 0.6) is 0 Å². The summed E-state index contributed by atoms with van der Waals surface area (Å²) in [5.41, 5.74) is 7.31. The second-order valence-corrected chi connectivity index (χ2v) is 6.78. The highest BCUT2D eigenvalue weighted by Gasteiger charge is 2.15. The molecule has 0 saturated carbocycles. The van der Waals surface area contributed by atoms with Crippen LogP contribution >= 0.6 is 35.5 Å².